The highest BCUT2D eigenvalue weighted by molar-refractivity contribution is 5.79. The molecule has 3 heterocycles. The molecular weight excluding hydrogens is 482 g/mol. The topological polar surface area (TPSA) is 95.6 Å². The monoisotopic (exact) mass is 515 g/mol. The highest BCUT2D eigenvalue weighted by atomic mass is 16.6. The molecule has 3 unspecified atom stereocenters. The summed E-state index contributed by atoms with van der Waals surface area (Å²) in [6.45, 7) is 4.40. The molecule has 1 saturated heterocycles. The Bertz CT molecular complexity index is 1430. The summed E-state index contributed by atoms with van der Waals surface area (Å²) in [5, 5.41) is 3.46. The summed E-state index contributed by atoms with van der Waals surface area (Å²) in [7, 11) is 0. The molecule has 8 heteroatoms. The van der Waals surface area contributed by atoms with Gasteiger partial charge in [0.1, 0.15) is 18.1 Å². The van der Waals surface area contributed by atoms with Crippen molar-refractivity contribution in [3.05, 3.63) is 88.5 Å². The minimum atomic E-state index is -0.595. The number of unbranched alkanes of at least 4 members (excludes halogenated alkanes) is 2. The molecule has 0 spiro atoms. The van der Waals surface area contributed by atoms with Crippen molar-refractivity contribution >= 4 is 17.2 Å². The van der Waals surface area contributed by atoms with Crippen molar-refractivity contribution in [1.29, 1.82) is 0 Å². The van der Waals surface area contributed by atoms with E-state index in [0.717, 1.165) is 17.5 Å². The fourth-order valence-electron chi connectivity index (χ4n) is 4.74. The second kappa shape index (κ2) is 11.6. The number of carbonyl (C=O) groups is 1. The molecule has 38 heavy (non-hydrogen) atoms. The van der Waals surface area contributed by atoms with Crippen LogP contribution >= 0.6 is 0 Å². The van der Waals surface area contributed by atoms with Crippen LogP contribution in [0, 0.1) is 0 Å². The summed E-state index contributed by atoms with van der Waals surface area (Å²) in [5.41, 5.74) is 3.02. The number of hydrogen-bond acceptors (Lipinski definition) is 6. The molecule has 1 N–H and O–H groups in total. The van der Waals surface area contributed by atoms with Gasteiger partial charge in [-0.05, 0) is 37.0 Å². The maximum atomic E-state index is 12.8. The number of carbonyl (C=O) groups excluding carboxylic acids is 1. The average Bonchev–Trinajstić information content (AvgIpc) is 3.50. The minimum Gasteiger partial charge on any atom is -0.443 e. The Kier molecular flexibility index (Phi) is 7.89. The van der Waals surface area contributed by atoms with Gasteiger partial charge >= 0.3 is 11.8 Å². The number of rotatable bonds is 9. The quantitative estimate of drug-likeness (QED) is 0.275. The fraction of sp³-hybridized carbons (Fsp3) is 0.367. The number of furan rings is 1. The lowest BCUT2D eigenvalue weighted by Crippen LogP contribution is -2.31. The molecule has 1 aliphatic rings. The number of fused-ring (bicyclic) bond motifs is 1. The number of amides is 1. The molecule has 0 bridgehead atoms. The maximum Gasteiger partial charge on any atom is 0.407 e. The third-order valence-corrected chi connectivity index (χ3v) is 6.92. The predicted molar refractivity (Wildman–Crippen MR) is 145 cm³/mol. The minimum absolute atomic E-state index is 0.285. The van der Waals surface area contributed by atoms with Crippen LogP contribution in [0.25, 0.3) is 22.4 Å². The van der Waals surface area contributed by atoms with Gasteiger partial charge in [0.05, 0.1) is 11.5 Å². The molecule has 1 aliphatic heterocycles. The summed E-state index contributed by atoms with van der Waals surface area (Å²) in [5.74, 6) is 0.654. The van der Waals surface area contributed by atoms with Gasteiger partial charge < -0.3 is 19.2 Å². The van der Waals surface area contributed by atoms with E-state index in [-0.39, 0.29) is 11.8 Å². The van der Waals surface area contributed by atoms with Crippen molar-refractivity contribution in [2.45, 2.75) is 70.9 Å². The van der Waals surface area contributed by atoms with Crippen molar-refractivity contribution in [3.63, 3.8) is 0 Å². The van der Waals surface area contributed by atoms with E-state index in [2.05, 4.69) is 29.4 Å². The average molecular weight is 516 g/mol. The Balaban J connectivity index is 1.25. The van der Waals surface area contributed by atoms with E-state index in [0.29, 0.717) is 24.1 Å². The van der Waals surface area contributed by atoms with Gasteiger partial charge in [-0.25, -0.2) is 9.59 Å². The first-order valence-electron chi connectivity index (χ1n) is 13.3. The van der Waals surface area contributed by atoms with Crippen molar-refractivity contribution < 1.29 is 18.7 Å². The van der Waals surface area contributed by atoms with Crippen LogP contribution in [0.5, 0.6) is 0 Å². The molecule has 0 saturated carbocycles. The molecule has 2 aromatic heterocycles. The number of aromatic nitrogens is 2. The van der Waals surface area contributed by atoms with Crippen molar-refractivity contribution in [2.75, 3.05) is 0 Å². The summed E-state index contributed by atoms with van der Waals surface area (Å²) >= 11 is 0. The number of aryl methyl sites for hydroxylation is 1. The predicted octanol–water partition coefficient (Wildman–Crippen LogP) is 5.99. The molecule has 1 fully saturated rings. The first-order chi connectivity index (χ1) is 18.5. The van der Waals surface area contributed by atoms with Crippen LogP contribution in [0.2, 0.25) is 0 Å². The largest absolute Gasteiger partial charge is 0.443 e. The highest BCUT2D eigenvalue weighted by Gasteiger charge is 2.37. The van der Waals surface area contributed by atoms with Gasteiger partial charge in [-0.2, -0.15) is 4.98 Å². The molecule has 5 rings (SSSR count). The van der Waals surface area contributed by atoms with Crippen molar-refractivity contribution in [3.8, 4) is 11.3 Å². The molecule has 8 nitrogen and oxygen atoms in total. The zero-order chi connectivity index (χ0) is 26.5. The first kappa shape index (κ1) is 25.7. The van der Waals surface area contributed by atoms with Gasteiger partial charge in [-0.3, -0.25) is 4.57 Å². The number of ether oxygens (including phenoxy) is 2. The number of alkyl carbamates (subject to hydrolysis) is 1. The van der Waals surface area contributed by atoms with Gasteiger partial charge in [-0.15, -0.1) is 0 Å². The molecule has 0 radical (unpaired) electrons. The zero-order valence-corrected chi connectivity index (χ0v) is 21.8. The zero-order valence-electron chi connectivity index (χ0n) is 21.8. The van der Waals surface area contributed by atoms with Gasteiger partial charge in [0.15, 0.2) is 0 Å². The smallest absolute Gasteiger partial charge is 0.407 e. The first-order valence-corrected chi connectivity index (χ1v) is 13.3. The number of nitrogens with zero attached hydrogens (tertiary/aromatic N) is 2. The normalized spacial score (nSPS) is 19.1. The lowest BCUT2D eigenvalue weighted by molar-refractivity contribution is -0.0136. The van der Waals surface area contributed by atoms with E-state index in [9.17, 15) is 9.59 Å². The Morgan fingerprint density at radius 3 is 2.66 bits per heavy atom. The summed E-state index contributed by atoms with van der Waals surface area (Å²) in [6.07, 6.45) is 4.74. The van der Waals surface area contributed by atoms with Gasteiger partial charge in [-0.1, -0.05) is 74.4 Å². The van der Waals surface area contributed by atoms with Crippen LogP contribution in [0.1, 0.15) is 56.9 Å². The Morgan fingerprint density at radius 1 is 1.11 bits per heavy atom. The lowest BCUT2D eigenvalue weighted by Gasteiger charge is -2.15. The summed E-state index contributed by atoms with van der Waals surface area (Å²) < 4.78 is 18.9. The third kappa shape index (κ3) is 5.97. The number of nitrogens with one attached hydrogen (secondary N) is 1. The molecule has 198 valence electrons. The van der Waals surface area contributed by atoms with Crippen molar-refractivity contribution in [1.82, 2.24) is 14.9 Å². The highest BCUT2D eigenvalue weighted by Crippen LogP contribution is 2.32. The van der Waals surface area contributed by atoms with E-state index in [1.807, 2.05) is 55.5 Å². The Labute approximate surface area is 221 Å². The van der Waals surface area contributed by atoms with E-state index in [1.165, 1.54) is 29.4 Å². The van der Waals surface area contributed by atoms with E-state index >= 15 is 0 Å². The van der Waals surface area contributed by atoms with Crippen LogP contribution in [0.3, 0.4) is 0 Å². The second-order valence-electron chi connectivity index (χ2n) is 9.77. The number of hydrogen-bond donors (Lipinski definition) is 1. The SMILES string of the molecule is CCCCCc1ccc(-c2cc3cn(C4CC(OC(=O)NCc5ccccc5)C(C)O4)c(=O)nc3o2)cc1. The molecular formula is C30H33N3O5. The summed E-state index contributed by atoms with van der Waals surface area (Å²) in [6, 6.07) is 19.8. The van der Waals surface area contributed by atoms with Gasteiger partial charge in [0, 0.05) is 24.7 Å². The standard InChI is InChI=1S/C30H33N3O5/c1-3-4-6-9-21-12-14-23(15-13-21)26-16-24-19-33(29(34)32-28(24)37-26)27-17-25(20(2)36-27)38-30(35)31-18-22-10-7-5-8-11-22/h5,7-8,10-16,19-20,25,27H,3-4,6,9,17-18H2,1-2H3,(H,31,35). The van der Waals surface area contributed by atoms with E-state index in [4.69, 9.17) is 13.9 Å². The van der Waals surface area contributed by atoms with Crippen LogP contribution in [0.4, 0.5) is 4.79 Å². The molecule has 0 aliphatic carbocycles. The molecule has 3 atom stereocenters. The third-order valence-electron chi connectivity index (χ3n) is 6.92. The van der Waals surface area contributed by atoms with Crippen LogP contribution in [0.15, 0.2) is 76.1 Å². The van der Waals surface area contributed by atoms with Crippen molar-refractivity contribution in [2.24, 2.45) is 0 Å². The molecule has 2 aromatic carbocycles. The van der Waals surface area contributed by atoms with Gasteiger partial charge in [0.25, 0.3) is 0 Å². The summed E-state index contributed by atoms with van der Waals surface area (Å²) in [4.78, 5) is 29.3. The maximum absolute atomic E-state index is 12.8. The molecule has 4 aromatic rings. The second-order valence-corrected chi connectivity index (χ2v) is 9.77. The van der Waals surface area contributed by atoms with Crippen LogP contribution < -0.4 is 11.0 Å². The Morgan fingerprint density at radius 2 is 1.89 bits per heavy atom. The number of benzene rings is 2. The van der Waals surface area contributed by atoms with Crippen LogP contribution in [-0.2, 0) is 22.4 Å². The van der Waals surface area contributed by atoms with E-state index in [1.54, 1.807) is 6.20 Å². The van der Waals surface area contributed by atoms with Gasteiger partial charge in [0.2, 0.25) is 5.71 Å². The van der Waals surface area contributed by atoms with E-state index < -0.39 is 24.1 Å². The fourth-order valence-corrected chi connectivity index (χ4v) is 4.74. The Hall–Kier alpha value is -3.91. The molecule has 1 amide bonds. The van der Waals surface area contributed by atoms with Crippen LogP contribution in [-0.4, -0.2) is 27.9 Å². The lowest BCUT2D eigenvalue weighted by atomic mass is 10.0.